The van der Waals surface area contributed by atoms with Gasteiger partial charge in [-0.3, -0.25) is 4.79 Å². The van der Waals surface area contributed by atoms with E-state index in [4.69, 9.17) is 14.1 Å². The summed E-state index contributed by atoms with van der Waals surface area (Å²) in [5.41, 5.74) is 3.67. The number of fused-ring (bicyclic) bond motifs is 2. The van der Waals surface area contributed by atoms with Gasteiger partial charge in [-0.25, -0.2) is 15.0 Å². The van der Waals surface area contributed by atoms with Crippen LogP contribution in [0.4, 0.5) is 17.3 Å². The van der Waals surface area contributed by atoms with E-state index in [1.54, 1.807) is 12.4 Å². The molecule has 7 rings (SSSR count). The van der Waals surface area contributed by atoms with Crippen molar-refractivity contribution in [1.82, 2.24) is 15.0 Å². The first-order valence-electron chi connectivity index (χ1n) is 12.1. The van der Waals surface area contributed by atoms with Crippen LogP contribution < -0.4 is 15.5 Å². The molecule has 3 aliphatic rings. The molecule has 1 atom stereocenters. The van der Waals surface area contributed by atoms with E-state index in [-0.39, 0.29) is 11.8 Å². The predicted molar refractivity (Wildman–Crippen MR) is 134 cm³/mol. The topological polar surface area (TPSA) is 105 Å². The molecule has 0 bridgehead atoms. The van der Waals surface area contributed by atoms with Crippen molar-refractivity contribution in [3.8, 4) is 11.5 Å². The van der Waals surface area contributed by atoms with Gasteiger partial charge in [0.05, 0.1) is 18.8 Å². The normalized spacial score (nSPS) is 20.4. The molecule has 1 aromatic carbocycles. The molecule has 2 aliphatic carbocycles. The number of hydrogen-bond acceptors (Lipinski definition) is 8. The van der Waals surface area contributed by atoms with Crippen LogP contribution in [0.15, 0.2) is 41.1 Å². The molecule has 3 aromatic heterocycles. The fourth-order valence-corrected chi connectivity index (χ4v) is 5.27. The lowest BCUT2D eigenvalue weighted by Gasteiger charge is -2.28. The Morgan fingerprint density at radius 1 is 1.11 bits per heavy atom. The number of aromatic nitrogens is 3. The minimum atomic E-state index is 0.0660. The first kappa shape index (κ1) is 20.6. The minimum absolute atomic E-state index is 0.0660. The Balaban J connectivity index is 1.26. The molecule has 35 heavy (non-hydrogen) atoms. The Kier molecular flexibility index (Phi) is 4.51. The third-order valence-corrected chi connectivity index (χ3v) is 7.64. The van der Waals surface area contributed by atoms with E-state index in [1.807, 2.05) is 19.2 Å². The molecule has 4 heterocycles. The number of nitrogens with zero attached hydrogens (tertiary/aromatic N) is 4. The van der Waals surface area contributed by atoms with Crippen LogP contribution in [0.5, 0.6) is 0 Å². The average Bonchev–Trinajstić information content (AvgIpc) is 3.79. The smallest absolute Gasteiger partial charge is 0.229 e. The Morgan fingerprint density at radius 3 is 2.74 bits per heavy atom. The number of carbonyl (C=O) groups excluding carboxylic acids is 1. The minimum Gasteiger partial charge on any atom is -0.436 e. The van der Waals surface area contributed by atoms with Gasteiger partial charge < -0.3 is 24.7 Å². The molecule has 3 fully saturated rings. The predicted octanol–water partition coefficient (Wildman–Crippen LogP) is 4.05. The van der Waals surface area contributed by atoms with Crippen LogP contribution in [0.25, 0.3) is 33.3 Å². The number of benzene rings is 1. The molecular formula is C26H26N6O3. The summed E-state index contributed by atoms with van der Waals surface area (Å²) in [5, 5.41) is 7.85. The maximum Gasteiger partial charge on any atom is 0.229 e. The molecule has 1 amide bonds. The fourth-order valence-electron chi connectivity index (χ4n) is 5.27. The van der Waals surface area contributed by atoms with E-state index in [0.29, 0.717) is 28.5 Å². The Bertz CT molecular complexity index is 1470. The lowest BCUT2D eigenvalue weighted by molar-refractivity contribution is -0.117. The first-order chi connectivity index (χ1) is 17.1. The van der Waals surface area contributed by atoms with Gasteiger partial charge in [-0.1, -0.05) is 0 Å². The van der Waals surface area contributed by atoms with Gasteiger partial charge in [-0.15, -0.1) is 0 Å². The molecular weight excluding hydrogens is 444 g/mol. The zero-order chi connectivity index (χ0) is 23.6. The molecule has 1 aliphatic heterocycles. The Hall–Kier alpha value is -3.72. The molecule has 1 spiro atoms. The quantitative estimate of drug-likeness (QED) is 0.450. The third-order valence-electron chi connectivity index (χ3n) is 7.64. The standard InChI is InChI=1S/C26H26N6O3/c1-27-23-17-13-28-22(31-24(33)19-12-26(19)4-5-26)11-16(17)18(14-29-23)25-30-20-10-15(2-3-21(20)35-25)32-6-8-34-9-7-32/h2-3,10-11,13-14,19H,4-9,12H2,1H3,(H,27,29)(H,28,31,33)/t19-/m0/s1. The molecule has 9 heteroatoms. The number of hydrogen-bond donors (Lipinski definition) is 2. The summed E-state index contributed by atoms with van der Waals surface area (Å²) >= 11 is 0. The molecule has 2 saturated carbocycles. The van der Waals surface area contributed by atoms with Gasteiger partial charge in [0.25, 0.3) is 0 Å². The van der Waals surface area contributed by atoms with Crippen molar-refractivity contribution in [2.45, 2.75) is 19.3 Å². The van der Waals surface area contributed by atoms with Crippen LogP contribution in [0, 0.1) is 11.3 Å². The molecule has 4 aromatic rings. The van der Waals surface area contributed by atoms with E-state index in [1.165, 1.54) is 12.8 Å². The van der Waals surface area contributed by atoms with Crippen LogP contribution in [0.2, 0.25) is 0 Å². The van der Waals surface area contributed by atoms with Crippen LogP contribution >= 0.6 is 0 Å². The van der Waals surface area contributed by atoms with Crippen molar-refractivity contribution >= 4 is 45.1 Å². The molecule has 1 saturated heterocycles. The maximum atomic E-state index is 12.7. The van der Waals surface area contributed by atoms with Crippen LogP contribution in [0.3, 0.4) is 0 Å². The van der Waals surface area contributed by atoms with E-state index < -0.39 is 0 Å². The van der Waals surface area contributed by atoms with Gasteiger partial charge in [-0.05, 0) is 48.9 Å². The number of morpholine rings is 1. The molecule has 2 N–H and O–H groups in total. The van der Waals surface area contributed by atoms with Gasteiger partial charge in [-0.2, -0.15) is 0 Å². The zero-order valence-corrected chi connectivity index (χ0v) is 19.5. The number of oxazole rings is 1. The van der Waals surface area contributed by atoms with E-state index in [9.17, 15) is 4.79 Å². The summed E-state index contributed by atoms with van der Waals surface area (Å²) in [4.78, 5) is 28.9. The number of nitrogens with one attached hydrogen (secondary N) is 2. The molecule has 178 valence electrons. The summed E-state index contributed by atoms with van der Waals surface area (Å²) in [6.07, 6.45) is 6.84. The summed E-state index contributed by atoms with van der Waals surface area (Å²) in [6.45, 7) is 3.18. The second-order valence-corrected chi connectivity index (χ2v) is 9.76. The number of amides is 1. The maximum absolute atomic E-state index is 12.7. The second kappa shape index (κ2) is 7.64. The highest BCUT2D eigenvalue weighted by atomic mass is 16.5. The monoisotopic (exact) mass is 470 g/mol. The van der Waals surface area contributed by atoms with E-state index in [2.05, 4.69) is 37.6 Å². The summed E-state index contributed by atoms with van der Waals surface area (Å²) in [6, 6.07) is 7.97. The van der Waals surface area contributed by atoms with Crippen molar-refractivity contribution in [2.24, 2.45) is 11.3 Å². The lowest BCUT2D eigenvalue weighted by atomic mass is 10.1. The molecule has 0 unspecified atom stereocenters. The third kappa shape index (κ3) is 3.49. The SMILES string of the molecule is CNc1ncc(-c2nc3cc(N4CCOCC4)ccc3o2)c2cc(NC(=O)[C@@H]3CC34CC4)ncc12. The van der Waals surface area contributed by atoms with Crippen molar-refractivity contribution in [2.75, 3.05) is 48.9 Å². The highest BCUT2D eigenvalue weighted by Gasteiger charge is 2.65. The van der Waals surface area contributed by atoms with Crippen molar-refractivity contribution < 1.29 is 13.9 Å². The number of rotatable bonds is 5. The summed E-state index contributed by atoms with van der Waals surface area (Å²) in [5.74, 6) is 1.92. The van der Waals surface area contributed by atoms with Crippen molar-refractivity contribution in [3.05, 3.63) is 36.7 Å². The number of anilines is 3. The highest BCUT2D eigenvalue weighted by Crippen LogP contribution is 2.70. The largest absolute Gasteiger partial charge is 0.436 e. The van der Waals surface area contributed by atoms with Crippen LogP contribution in [-0.4, -0.2) is 54.2 Å². The van der Waals surface area contributed by atoms with Gasteiger partial charge in [0, 0.05) is 54.9 Å². The van der Waals surface area contributed by atoms with E-state index >= 15 is 0 Å². The van der Waals surface area contributed by atoms with Gasteiger partial charge in [0.15, 0.2) is 5.58 Å². The van der Waals surface area contributed by atoms with Crippen molar-refractivity contribution in [1.29, 1.82) is 0 Å². The second-order valence-electron chi connectivity index (χ2n) is 9.76. The van der Waals surface area contributed by atoms with Gasteiger partial charge >= 0.3 is 0 Å². The Morgan fingerprint density at radius 2 is 1.97 bits per heavy atom. The molecule has 9 nitrogen and oxygen atoms in total. The number of pyridine rings is 2. The summed E-state index contributed by atoms with van der Waals surface area (Å²) < 4.78 is 11.6. The molecule has 0 radical (unpaired) electrons. The average molecular weight is 471 g/mol. The highest BCUT2D eigenvalue weighted by molar-refractivity contribution is 6.03. The number of ether oxygens (including phenoxy) is 1. The Labute approximate surface area is 201 Å². The lowest BCUT2D eigenvalue weighted by Crippen LogP contribution is -2.36. The van der Waals surface area contributed by atoms with Crippen molar-refractivity contribution in [3.63, 3.8) is 0 Å². The van der Waals surface area contributed by atoms with Gasteiger partial charge in [0.2, 0.25) is 11.8 Å². The van der Waals surface area contributed by atoms with Crippen LogP contribution in [-0.2, 0) is 9.53 Å². The van der Waals surface area contributed by atoms with Crippen LogP contribution in [0.1, 0.15) is 19.3 Å². The first-order valence-corrected chi connectivity index (χ1v) is 12.1. The van der Waals surface area contributed by atoms with E-state index in [0.717, 1.165) is 60.3 Å². The number of carbonyl (C=O) groups is 1. The summed E-state index contributed by atoms with van der Waals surface area (Å²) in [7, 11) is 1.83. The fraction of sp³-hybridized carbons (Fsp3) is 0.385. The zero-order valence-electron chi connectivity index (χ0n) is 19.5. The van der Waals surface area contributed by atoms with Gasteiger partial charge in [0.1, 0.15) is 17.2 Å².